The van der Waals surface area contributed by atoms with E-state index in [0.29, 0.717) is 10.7 Å². The van der Waals surface area contributed by atoms with Crippen molar-refractivity contribution in [3.05, 3.63) is 53.1 Å². The highest BCUT2D eigenvalue weighted by Gasteiger charge is 2.32. The van der Waals surface area contributed by atoms with Crippen LogP contribution in [0.1, 0.15) is 10.8 Å². The van der Waals surface area contributed by atoms with Gasteiger partial charge in [0.05, 0.1) is 18.0 Å². The van der Waals surface area contributed by atoms with Crippen LogP contribution in [-0.2, 0) is 4.79 Å². The molecule has 0 aromatic heterocycles. The summed E-state index contributed by atoms with van der Waals surface area (Å²) in [7, 11) is 1.59. The number of aliphatic hydroxyl groups is 1. The topological polar surface area (TPSA) is 58.6 Å². The van der Waals surface area contributed by atoms with Crippen LogP contribution in [-0.4, -0.2) is 24.2 Å². The van der Waals surface area contributed by atoms with Crippen molar-refractivity contribution in [2.75, 3.05) is 12.4 Å². The smallest absolute Gasteiger partial charge is 0.254 e. The van der Waals surface area contributed by atoms with Crippen LogP contribution in [0.25, 0.3) is 0 Å². The van der Waals surface area contributed by atoms with Gasteiger partial charge in [0.1, 0.15) is 11.9 Å². The van der Waals surface area contributed by atoms with Gasteiger partial charge in [-0.25, -0.2) is 0 Å². The molecule has 1 aliphatic rings. The fraction of sp³-hybridized carbons (Fsp3) is 0.188. The Balaban J connectivity index is 2.00. The molecule has 1 aliphatic heterocycles. The first-order valence-corrected chi connectivity index (χ1v) is 7.93. The second-order valence-electron chi connectivity index (χ2n) is 4.89. The maximum Gasteiger partial charge on any atom is 0.254 e. The van der Waals surface area contributed by atoms with Crippen molar-refractivity contribution in [2.45, 2.75) is 16.2 Å². The number of amides is 1. The van der Waals surface area contributed by atoms with Gasteiger partial charge >= 0.3 is 0 Å². The molecule has 0 spiro atoms. The average molecular weight is 336 g/mol. The van der Waals surface area contributed by atoms with Crippen LogP contribution in [0.5, 0.6) is 5.75 Å². The summed E-state index contributed by atoms with van der Waals surface area (Å²) in [6, 6.07) is 12.6. The normalized spacial score (nSPS) is 20.8. The largest absolute Gasteiger partial charge is 0.497 e. The van der Waals surface area contributed by atoms with E-state index in [2.05, 4.69) is 5.32 Å². The number of benzene rings is 2. The Morgan fingerprint density at radius 3 is 2.64 bits per heavy atom. The molecule has 0 aliphatic carbocycles. The number of hydrogen-bond donors (Lipinski definition) is 2. The van der Waals surface area contributed by atoms with Crippen LogP contribution < -0.4 is 10.1 Å². The fourth-order valence-electron chi connectivity index (χ4n) is 2.29. The number of ether oxygens (including phenoxy) is 1. The molecule has 0 fully saturated rings. The van der Waals surface area contributed by atoms with Crippen molar-refractivity contribution in [2.24, 2.45) is 0 Å². The number of nitrogens with one attached hydrogen (secondary N) is 1. The van der Waals surface area contributed by atoms with Crippen molar-refractivity contribution >= 4 is 35.0 Å². The van der Waals surface area contributed by atoms with Gasteiger partial charge in [0.25, 0.3) is 5.91 Å². The molecule has 2 aromatic rings. The third kappa shape index (κ3) is 2.92. The number of carbonyl (C=O) groups is 1. The van der Waals surface area contributed by atoms with Gasteiger partial charge in [-0.05, 0) is 35.9 Å². The lowest BCUT2D eigenvalue weighted by atomic mass is 10.1. The first-order chi connectivity index (χ1) is 10.6. The number of methoxy groups -OCH3 is 1. The maximum absolute atomic E-state index is 12.1. The summed E-state index contributed by atoms with van der Waals surface area (Å²) in [5, 5.41) is 13.2. The van der Waals surface area contributed by atoms with E-state index in [1.807, 2.05) is 24.3 Å². The molecule has 1 amide bonds. The first kappa shape index (κ1) is 15.2. The minimum atomic E-state index is -1.15. The highest BCUT2D eigenvalue weighted by atomic mass is 35.5. The van der Waals surface area contributed by atoms with Gasteiger partial charge in [-0.15, -0.1) is 11.8 Å². The zero-order valence-electron chi connectivity index (χ0n) is 11.7. The van der Waals surface area contributed by atoms with E-state index in [0.717, 1.165) is 16.2 Å². The highest BCUT2D eigenvalue weighted by Crippen LogP contribution is 2.44. The molecule has 2 N–H and O–H groups in total. The van der Waals surface area contributed by atoms with Crippen LogP contribution in [0.4, 0.5) is 5.69 Å². The van der Waals surface area contributed by atoms with Crippen molar-refractivity contribution in [1.82, 2.24) is 0 Å². The van der Waals surface area contributed by atoms with Gasteiger partial charge in [0.15, 0.2) is 0 Å². The van der Waals surface area contributed by atoms with Crippen LogP contribution in [0.15, 0.2) is 47.4 Å². The number of hydrogen-bond acceptors (Lipinski definition) is 4. The second-order valence-corrected chi connectivity index (χ2v) is 6.51. The standard InChI is InChI=1S/C16H14ClNO3S/c1-21-11-5-2-9(3-6-11)15-14(19)16(20)18-12-7-4-10(17)8-13(12)22-15/h2-8,14-15,19H,1H3,(H,18,20)/t14?,15-/m0/s1. The predicted molar refractivity (Wildman–Crippen MR) is 87.7 cm³/mol. The second kappa shape index (κ2) is 6.20. The third-order valence-corrected chi connectivity index (χ3v) is 5.07. The molecule has 1 heterocycles. The Morgan fingerprint density at radius 2 is 1.95 bits per heavy atom. The number of rotatable bonds is 2. The third-order valence-electron chi connectivity index (χ3n) is 3.46. The van der Waals surface area contributed by atoms with E-state index in [4.69, 9.17) is 16.3 Å². The number of halogens is 1. The fourth-order valence-corrected chi connectivity index (χ4v) is 3.78. The number of fused-ring (bicyclic) bond motifs is 1. The van der Waals surface area contributed by atoms with Crippen molar-refractivity contribution in [1.29, 1.82) is 0 Å². The molecule has 4 nitrogen and oxygen atoms in total. The minimum absolute atomic E-state index is 0.411. The molecule has 22 heavy (non-hydrogen) atoms. The van der Waals surface area contributed by atoms with E-state index < -0.39 is 17.3 Å². The lowest BCUT2D eigenvalue weighted by Gasteiger charge is -2.19. The molecular formula is C16H14ClNO3S. The molecule has 3 rings (SSSR count). The van der Waals surface area contributed by atoms with Gasteiger partial charge in [-0.1, -0.05) is 23.7 Å². The summed E-state index contributed by atoms with van der Waals surface area (Å²) in [6.07, 6.45) is -1.15. The average Bonchev–Trinajstić information content (AvgIpc) is 2.65. The van der Waals surface area contributed by atoms with E-state index in [9.17, 15) is 9.90 Å². The quantitative estimate of drug-likeness (QED) is 0.882. The summed E-state index contributed by atoms with van der Waals surface area (Å²) in [6.45, 7) is 0. The molecule has 2 atom stereocenters. The zero-order chi connectivity index (χ0) is 15.7. The maximum atomic E-state index is 12.1. The van der Waals surface area contributed by atoms with E-state index in [1.165, 1.54) is 11.8 Å². The molecule has 0 saturated heterocycles. The molecule has 6 heteroatoms. The van der Waals surface area contributed by atoms with Crippen LogP contribution in [0, 0.1) is 0 Å². The van der Waals surface area contributed by atoms with E-state index in [-0.39, 0.29) is 0 Å². The highest BCUT2D eigenvalue weighted by molar-refractivity contribution is 7.99. The number of thioether (sulfide) groups is 1. The molecule has 0 bridgehead atoms. The van der Waals surface area contributed by atoms with E-state index in [1.54, 1.807) is 25.3 Å². The summed E-state index contributed by atoms with van der Waals surface area (Å²) in [4.78, 5) is 13.0. The van der Waals surface area contributed by atoms with Crippen molar-refractivity contribution in [3.8, 4) is 5.75 Å². The SMILES string of the molecule is COc1ccc([C@@H]2Sc3cc(Cl)ccc3NC(=O)C2O)cc1. The van der Waals surface area contributed by atoms with Gasteiger partial charge in [-0.3, -0.25) is 4.79 Å². The van der Waals surface area contributed by atoms with Gasteiger partial charge in [-0.2, -0.15) is 0 Å². The van der Waals surface area contributed by atoms with Crippen molar-refractivity contribution < 1.29 is 14.6 Å². The molecule has 2 aromatic carbocycles. The van der Waals surface area contributed by atoms with Crippen LogP contribution >= 0.6 is 23.4 Å². The lowest BCUT2D eigenvalue weighted by Crippen LogP contribution is -2.30. The molecule has 1 unspecified atom stereocenters. The van der Waals surface area contributed by atoms with Gasteiger partial charge in [0, 0.05) is 9.92 Å². The monoisotopic (exact) mass is 335 g/mol. The summed E-state index contributed by atoms with van der Waals surface area (Å²) in [5.41, 5.74) is 1.51. The van der Waals surface area contributed by atoms with Gasteiger partial charge < -0.3 is 15.2 Å². The lowest BCUT2D eigenvalue weighted by molar-refractivity contribution is -0.124. The Hall–Kier alpha value is -1.69. The minimum Gasteiger partial charge on any atom is -0.497 e. The zero-order valence-corrected chi connectivity index (χ0v) is 13.3. The first-order valence-electron chi connectivity index (χ1n) is 6.67. The number of anilines is 1. The Bertz CT molecular complexity index is 705. The Labute approximate surface area is 137 Å². The molecular weight excluding hydrogens is 322 g/mol. The molecule has 114 valence electrons. The van der Waals surface area contributed by atoms with Crippen LogP contribution in [0.2, 0.25) is 5.02 Å². The number of carbonyl (C=O) groups excluding carboxylic acids is 1. The van der Waals surface area contributed by atoms with E-state index >= 15 is 0 Å². The summed E-state index contributed by atoms with van der Waals surface area (Å²) >= 11 is 7.44. The number of aliphatic hydroxyl groups excluding tert-OH is 1. The Morgan fingerprint density at radius 1 is 1.23 bits per heavy atom. The van der Waals surface area contributed by atoms with Crippen LogP contribution in [0.3, 0.4) is 0 Å². The Kier molecular flexibility index (Phi) is 4.29. The molecule has 0 saturated carbocycles. The molecule has 0 radical (unpaired) electrons. The summed E-state index contributed by atoms with van der Waals surface area (Å²) < 4.78 is 5.14. The summed E-state index contributed by atoms with van der Waals surface area (Å²) in [5.74, 6) is 0.305. The predicted octanol–water partition coefficient (Wildman–Crippen LogP) is 3.50. The van der Waals surface area contributed by atoms with Crippen molar-refractivity contribution in [3.63, 3.8) is 0 Å². The van der Waals surface area contributed by atoms with Gasteiger partial charge in [0.2, 0.25) is 0 Å².